The van der Waals surface area contributed by atoms with Crippen molar-refractivity contribution in [2.24, 2.45) is 5.41 Å². The smallest absolute Gasteiger partial charge is 0.261 e. The van der Waals surface area contributed by atoms with Gasteiger partial charge in [-0.3, -0.25) is 4.79 Å². The Hall–Kier alpha value is -3.24. The lowest BCUT2D eigenvalue weighted by atomic mass is 9.92. The van der Waals surface area contributed by atoms with Gasteiger partial charge in [-0.25, -0.2) is 13.9 Å². The number of aliphatic hydroxyl groups is 2. The average molecular weight is 468 g/mol. The van der Waals surface area contributed by atoms with E-state index in [1.165, 1.54) is 10.7 Å². The molecule has 178 valence electrons. The summed E-state index contributed by atoms with van der Waals surface area (Å²) in [5, 5.41) is 26.9. The molecule has 1 unspecified atom stereocenters. The largest absolute Gasteiger partial charge is 0.487 e. The maximum Gasteiger partial charge on any atom is 0.261 e. The Bertz CT molecular complexity index is 1290. The van der Waals surface area contributed by atoms with Crippen LogP contribution in [-0.4, -0.2) is 68.3 Å². The number of piperidine rings is 1. The fourth-order valence-corrected chi connectivity index (χ4v) is 5.16. The molecular formula is C24H26FN5O4. The lowest BCUT2D eigenvalue weighted by molar-refractivity contribution is 0.0481. The van der Waals surface area contributed by atoms with Crippen molar-refractivity contribution >= 4 is 22.9 Å². The van der Waals surface area contributed by atoms with Gasteiger partial charge in [-0.1, -0.05) is 6.92 Å². The highest BCUT2D eigenvalue weighted by Crippen LogP contribution is 2.56. The number of anilines is 2. The molecule has 3 aromatic rings. The normalized spacial score (nSPS) is 27.0. The average Bonchev–Trinajstić information content (AvgIpc) is 3.17. The summed E-state index contributed by atoms with van der Waals surface area (Å²) in [6, 6.07) is 5.49. The monoisotopic (exact) mass is 467 g/mol. The predicted molar refractivity (Wildman–Crippen MR) is 122 cm³/mol. The van der Waals surface area contributed by atoms with Crippen LogP contribution < -0.4 is 15.0 Å². The fraction of sp³-hybridized carbons (Fsp3) is 0.458. The molecule has 34 heavy (non-hydrogen) atoms. The van der Waals surface area contributed by atoms with Gasteiger partial charge in [0.1, 0.15) is 29.2 Å². The summed E-state index contributed by atoms with van der Waals surface area (Å²) in [7, 11) is 0. The van der Waals surface area contributed by atoms with Gasteiger partial charge in [-0.05, 0) is 24.1 Å². The zero-order chi connectivity index (χ0) is 23.7. The van der Waals surface area contributed by atoms with E-state index in [9.17, 15) is 19.4 Å². The molecule has 1 saturated heterocycles. The number of carbonyl (C=O) groups excluding carboxylic acids is 1. The number of nitrogens with zero attached hydrogens (tertiary/aromatic N) is 4. The van der Waals surface area contributed by atoms with Crippen LogP contribution in [0.15, 0.2) is 36.8 Å². The van der Waals surface area contributed by atoms with E-state index in [-0.39, 0.29) is 30.3 Å². The molecule has 1 aromatic carbocycles. The highest BCUT2D eigenvalue weighted by Gasteiger charge is 2.65. The molecule has 1 amide bonds. The molecular weight excluding hydrogens is 441 g/mol. The van der Waals surface area contributed by atoms with Crippen molar-refractivity contribution in [3.05, 3.63) is 47.9 Å². The van der Waals surface area contributed by atoms with Crippen LogP contribution in [-0.2, 0) is 6.42 Å². The number of carbonyl (C=O) groups is 1. The first-order valence-corrected chi connectivity index (χ1v) is 11.5. The van der Waals surface area contributed by atoms with E-state index in [0.717, 1.165) is 11.3 Å². The van der Waals surface area contributed by atoms with Crippen molar-refractivity contribution in [1.29, 1.82) is 0 Å². The lowest BCUT2D eigenvalue weighted by Crippen LogP contribution is -2.44. The Kier molecular flexibility index (Phi) is 4.62. The van der Waals surface area contributed by atoms with Crippen molar-refractivity contribution in [2.45, 2.75) is 44.1 Å². The van der Waals surface area contributed by atoms with Gasteiger partial charge in [0.25, 0.3) is 5.91 Å². The second-order valence-electron chi connectivity index (χ2n) is 9.84. The Morgan fingerprint density at radius 1 is 1.35 bits per heavy atom. The molecule has 6 rings (SSSR count). The molecule has 3 aliphatic rings. The first-order valence-electron chi connectivity index (χ1n) is 11.5. The summed E-state index contributed by atoms with van der Waals surface area (Å²) in [4.78, 5) is 19.5. The Labute approximate surface area is 195 Å². The minimum absolute atomic E-state index is 0.187. The number of aliphatic hydroxyl groups excluding tert-OH is 2. The molecule has 2 fully saturated rings. The number of rotatable bonds is 4. The molecule has 10 heteroatoms. The van der Waals surface area contributed by atoms with Crippen molar-refractivity contribution in [1.82, 2.24) is 14.6 Å². The number of nitrogens with one attached hydrogen (secondary N) is 1. The molecule has 9 nitrogen and oxygen atoms in total. The number of fused-ring (bicyclic) bond motifs is 3. The fourth-order valence-electron chi connectivity index (χ4n) is 5.16. The second-order valence-corrected chi connectivity index (χ2v) is 9.84. The van der Waals surface area contributed by atoms with Crippen molar-refractivity contribution < 1.29 is 24.1 Å². The van der Waals surface area contributed by atoms with Gasteiger partial charge >= 0.3 is 0 Å². The molecule has 0 spiro atoms. The van der Waals surface area contributed by atoms with Gasteiger partial charge in [0.05, 0.1) is 24.2 Å². The van der Waals surface area contributed by atoms with Crippen LogP contribution in [0.1, 0.15) is 35.7 Å². The number of aromatic nitrogens is 3. The number of hydrogen-bond donors (Lipinski definition) is 3. The topological polar surface area (TPSA) is 112 Å². The van der Waals surface area contributed by atoms with E-state index < -0.39 is 18.4 Å². The van der Waals surface area contributed by atoms with Crippen molar-refractivity contribution in [3.8, 4) is 5.75 Å². The number of ether oxygens (including phenoxy) is 1. The number of alkyl halides is 1. The van der Waals surface area contributed by atoms with Gasteiger partial charge in [0.15, 0.2) is 5.65 Å². The minimum atomic E-state index is -1.59. The molecule has 3 N–H and O–H groups in total. The van der Waals surface area contributed by atoms with Crippen LogP contribution >= 0.6 is 0 Å². The molecule has 0 radical (unpaired) electrons. The Morgan fingerprint density at radius 3 is 2.91 bits per heavy atom. The van der Waals surface area contributed by atoms with Crippen molar-refractivity contribution in [3.63, 3.8) is 0 Å². The maximum absolute atomic E-state index is 14.6. The van der Waals surface area contributed by atoms with Crippen LogP contribution in [0.5, 0.6) is 5.75 Å². The van der Waals surface area contributed by atoms with Crippen LogP contribution in [0.25, 0.3) is 5.65 Å². The van der Waals surface area contributed by atoms with E-state index in [2.05, 4.69) is 15.4 Å². The first-order chi connectivity index (χ1) is 16.3. The highest BCUT2D eigenvalue weighted by atomic mass is 19.1. The Morgan fingerprint density at radius 2 is 2.15 bits per heavy atom. The summed E-state index contributed by atoms with van der Waals surface area (Å²) < 4.78 is 22.2. The molecule has 1 saturated carbocycles. The van der Waals surface area contributed by atoms with Crippen LogP contribution in [0.2, 0.25) is 0 Å². The number of amides is 1. The molecule has 2 aromatic heterocycles. The number of hydrogen-bond acceptors (Lipinski definition) is 7. The summed E-state index contributed by atoms with van der Waals surface area (Å²) in [6.45, 7) is 2.27. The van der Waals surface area contributed by atoms with Gasteiger partial charge in [0, 0.05) is 49.8 Å². The van der Waals surface area contributed by atoms with Gasteiger partial charge in [0.2, 0.25) is 0 Å². The third-order valence-electron chi connectivity index (χ3n) is 7.56. The van der Waals surface area contributed by atoms with Gasteiger partial charge < -0.3 is 25.2 Å². The molecule has 0 bridgehead atoms. The number of benzene rings is 1. The summed E-state index contributed by atoms with van der Waals surface area (Å²) in [5.74, 6) is 0.318. The van der Waals surface area contributed by atoms with Crippen LogP contribution in [0.3, 0.4) is 0 Å². The van der Waals surface area contributed by atoms with Crippen LogP contribution in [0.4, 0.5) is 15.8 Å². The maximum atomic E-state index is 14.6. The molecule has 2 aliphatic heterocycles. The molecule has 4 heterocycles. The second kappa shape index (κ2) is 7.38. The number of halogens is 1. The summed E-state index contributed by atoms with van der Waals surface area (Å²) in [5.41, 5.74) is 1.06. The van der Waals surface area contributed by atoms with E-state index in [4.69, 9.17) is 4.74 Å². The Balaban J connectivity index is 1.35. The van der Waals surface area contributed by atoms with Crippen LogP contribution in [0, 0.1) is 5.41 Å². The van der Waals surface area contributed by atoms with E-state index >= 15 is 0 Å². The zero-order valence-corrected chi connectivity index (χ0v) is 18.7. The van der Waals surface area contributed by atoms with E-state index in [1.807, 2.05) is 24.0 Å². The summed E-state index contributed by atoms with van der Waals surface area (Å²) >= 11 is 0. The quantitative estimate of drug-likeness (QED) is 0.538. The third-order valence-corrected chi connectivity index (χ3v) is 7.56. The third kappa shape index (κ3) is 3.24. The van der Waals surface area contributed by atoms with Gasteiger partial charge in [-0.2, -0.15) is 5.10 Å². The molecule has 1 aliphatic carbocycles. The first kappa shape index (κ1) is 21.3. The van der Waals surface area contributed by atoms with E-state index in [1.54, 1.807) is 18.5 Å². The van der Waals surface area contributed by atoms with Gasteiger partial charge in [-0.15, -0.1) is 0 Å². The van der Waals surface area contributed by atoms with Crippen molar-refractivity contribution in [2.75, 3.05) is 29.9 Å². The summed E-state index contributed by atoms with van der Waals surface area (Å²) in [6.07, 6.45) is 5.03. The lowest BCUT2D eigenvalue weighted by Gasteiger charge is -2.38. The standard InChI is InChI=1S/C24H26FN5O4/c1-23-11-14-9-16(28-22(33)15-12-27-30-6-2-5-26-21(15)30)17(10-18(14)34-20(23)19(23)32)29-7-3-24(25,13-31)4-8-29/h2,5-6,9-10,12,19-20,31-32H,3-4,7-8,11,13H2,1H3,(H,28,33)/t19?,20-,23+/m0/s1. The SMILES string of the molecule is C[C@]12Cc3cc(NC(=O)c4cnn5cccnc45)c(N4CCC(F)(CO)CC4)cc3O[C@H]1C2O. The minimum Gasteiger partial charge on any atom is -0.487 e. The zero-order valence-electron chi connectivity index (χ0n) is 18.7. The predicted octanol–water partition coefficient (Wildman–Crippen LogP) is 1.97. The highest BCUT2D eigenvalue weighted by molar-refractivity contribution is 6.09. The van der Waals surface area contributed by atoms with E-state index in [0.29, 0.717) is 42.2 Å². The molecule has 3 atom stereocenters.